The summed E-state index contributed by atoms with van der Waals surface area (Å²) in [4.78, 5) is 27.9. The molecule has 1 aromatic heterocycles. The molecule has 2 heterocycles. The van der Waals surface area contributed by atoms with E-state index < -0.39 is 29.3 Å². The fourth-order valence-electron chi connectivity index (χ4n) is 4.09. The lowest BCUT2D eigenvalue weighted by Crippen LogP contribution is -2.29. The van der Waals surface area contributed by atoms with Crippen molar-refractivity contribution < 1.29 is 23.8 Å². The number of ether oxygens (including phenoxy) is 1. The molecule has 5 rings (SSSR count). The van der Waals surface area contributed by atoms with Crippen molar-refractivity contribution in [2.45, 2.75) is 16.1 Å². The van der Waals surface area contributed by atoms with Crippen molar-refractivity contribution in [3.63, 3.8) is 0 Å². The fourth-order valence-corrected chi connectivity index (χ4v) is 6.04. The van der Waals surface area contributed by atoms with Gasteiger partial charge in [0.1, 0.15) is 23.9 Å². The van der Waals surface area contributed by atoms with E-state index in [0.29, 0.717) is 33.0 Å². The first-order valence-electron chi connectivity index (χ1n) is 12.0. The second-order valence-corrected chi connectivity index (χ2v) is 11.2. The molecular formula is C29H21ClFN3O4S2. The predicted molar refractivity (Wildman–Crippen MR) is 154 cm³/mol. The highest BCUT2D eigenvalue weighted by Gasteiger charge is 2.48. The molecule has 0 spiro atoms. The van der Waals surface area contributed by atoms with E-state index in [9.17, 15) is 19.1 Å². The van der Waals surface area contributed by atoms with Crippen LogP contribution in [0.4, 0.5) is 9.52 Å². The maximum atomic E-state index is 13.5. The average Bonchev–Trinajstić information content (AvgIpc) is 3.54. The van der Waals surface area contributed by atoms with Gasteiger partial charge in [-0.05, 0) is 59.7 Å². The topological polar surface area (TPSA) is 92.6 Å². The number of carbonyl (C=O) groups is 2. The Morgan fingerprint density at radius 1 is 1.07 bits per heavy atom. The molecule has 1 saturated heterocycles. The Bertz CT molecular complexity index is 1590. The number of anilines is 1. The number of amides is 1. The number of nitrogens with zero attached hydrogens (tertiary/aromatic N) is 3. The van der Waals surface area contributed by atoms with E-state index in [1.165, 1.54) is 40.9 Å². The van der Waals surface area contributed by atoms with Gasteiger partial charge in [0, 0.05) is 16.3 Å². The van der Waals surface area contributed by atoms with Crippen molar-refractivity contribution >= 4 is 57.3 Å². The van der Waals surface area contributed by atoms with E-state index in [1.807, 2.05) is 12.1 Å². The van der Waals surface area contributed by atoms with E-state index in [1.54, 1.807) is 42.5 Å². The summed E-state index contributed by atoms with van der Waals surface area (Å²) < 4.78 is 19.7. The molecule has 1 unspecified atom stereocenters. The molecule has 1 N–H and O–H groups in total. The Labute approximate surface area is 242 Å². The lowest BCUT2D eigenvalue weighted by atomic mass is 9.95. The minimum absolute atomic E-state index is 0.137. The number of aliphatic hydroxyl groups is 1. The van der Waals surface area contributed by atoms with Gasteiger partial charge in [0.25, 0.3) is 5.78 Å². The normalized spacial score (nSPS) is 16.4. The molecule has 1 aliphatic heterocycles. The lowest BCUT2D eigenvalue weighted by Gasteiger charge is -2.22. The molecule has 202 valence electrons. The van der Waals surface area contributed by atoms with E-state index >= 15 is 0 Å². The fraction of sp³-hybridized carbons (Fsp3) is 0.103. The summed E-state index contributed by atoms with van der Waals surface area (Å²) in [6.07, 6.45) is 1.61. The molecule has 0 bridgehead atoms. The van der Waals surface area contributed by atoms with Crippen LogP contribution in [0.15, 0.2) is 95.4 Å². The third-order valence-electron chi connectivity index (χ3n) is 6.00. The third-order valence-corrected chi connectivity index (χ3v) is 8.38. The zero-order chi connectivity index (χ0) is 28.2. The van der Waals surface area contributed by atoms with Gasteiger partial charge in [0.2, 0.25) is 5.13 Å². The highest BCUT2D eigenvalue weighted by atomic mass is 35.5. The van der Waals surface area contributed by atoms with Crippen molar-refractivity contribution in [3.05, 3.63) is 119 Å². The molecular weight excluding hydrogens is 573 g/mol. The standard InChI is InChI=1S/C29H21ClFN3O4S2/c1-2-15-38-22-13-7-18(8-14-22)24-23(25(35)19-5-11-21(31)12-6-19)26(36)27(37)34(24)28-32-33-29(40-28)39-16-17-3-9-20(30)10-4-17/h2-14,24,35H,1,15-16H2/b25-23-. The molecule has 1 aliphatic rings. The minimum atomic E-state index is -0.999. The van der Waals surface area contributed by atoms with Gasteiger partial charge in [0.15, 0.2) is 4.34 Å². The number of rotatable bonds is 9. The number of ketones is 1. The second-order valence-electron chi connectivity index (χ2n) is 8.61. The molecule has 0 aliphatic carbocycles. The first-order chi connectivity index (χ1) is 19.4. The zero-order valence-electron chi connectivity index (χ0n) is 20.8. The smallest absolute Gasteiger partial charge is 0.301 e. The maximum absolute atomic E-state index is 13.5. The Morgan fingerprint density at radius 3 is 2.45 bits per heavy atom. The largest absolute Gasteiger partial charge is 0.507 e. The maximum Gasteiger partial charge on any atom is 0.301 e. The Kier molecular flexibility index (Phi) is 8.29. The summed E-state index contributed by atoms with van der Waals surface area (Å²) in [6.45, 7) is 3.94. The number of hydrogen-bond donors (Lipinski definition) is 1. The molecule has 0 saturated carbocycles. The summed E-state index contributed by atoms with van der Waals surface area (Å²) in [7, 11) is 0. The van der Waals surface area contributed by atoms with Crippen LogP contribution in [-0.2, 0) is 15.3 Å². The highest BCUT2D eigenvalue weighted by molar-refractivity contribution is 8.00. The van der Waals surface area contributed by atoms with Gasteiger partial charge in [-0.15, -0.1) is 10.2 Å². The van der Waals surface area contributed by atoms with Crippen LogP contribution in [0.3, 0.4) is 0 Å². The van der Waals surface area contributed by atoms with Crippen LogP contribution in [-0.4, -0.2) is 33.6 Å². The van der Waals surface area contributed by atoms with Crippen LogP contribution in [0.2, 0.25) is 5.02 Å². The molecule has 11 heteroatoms. The molecule has 1 amide bonds. The molecule has 7 nitrogen and oxygen atoms in total. The van der Waals surface area contributed by atoms with Gasteiger partial charge in [-0.2, -0.15) is 0 Å². The number of carbonyl (C=O) groups excluding carboxylic acids is 2. The summed E-state index contributed by atoms with van der Waals surface area (Å²) >= 11 is 8.56. The van der Waals surface area contributed by atoms with Crippen LogP contribution in [0.25, 0.3) is 5.76 Å². The molecule has 1 fully saturated rings. The molecule has 3 aromatic carbocycles. The number of thioether (sulfide) groups is 1. The van der Waals surface area contributed by atoms with Gasteiger partial charge in [-0.1, -0.05) is 71.6 Å². The second kappa shape index (κ2) is 12.0. The molecule has 40 heavy (non-hydrogen) atoms. The van der Waals surface area contributed by atoms with Crippen molar-refractivity contribution in [1.29, 1.82) is 0 Å². The summed E-state index contributed by atoms with van der Waals surface area (Å²) in [5.41, 5.74) is 1.64. The third kappa shape index (κ3) is 5.79. The molecule has 1 atom stereocenters. The van der Waals surface area contributed by atoms with Crippen molar-refractivity contribution in [2.24, 2.45) is 0 Å². The van der Waals surface area contributed by atoms with Crippen LogP contribution < -0.4 is 9.64 Å². The van der Waals surface area contributed by atoms with Crippen LogP contribution in [0, 0.1) is 5.82 Å². The number of halogens is 2. The number of Topliss-reactive ketones (excluding diaryl/α,β-unsaturated/α-hetero) is 1. The Hall–Kier alpha value is -3.99. The lowest BCUT2D eigenvalue weighted by molar-refractivity contribution is -0.132. The SMILES string of the molecule is C=CCOc1ccc(C2/C(=C(/O)c3ccc(F)cc3)C(=O)C(=O)N2c2nnc(SCc3ccc(Cl)cc3)s2)cc1. The predicted octanol–water partition coefficient (Wildman–Crippen LogP) is 6.81. The van der Waals surface area contributed by atoms with E-state index in [4.69, 9.17) is 16.3 Å². The van der Waals surface area contributed by atoms with Crippen LogP contribution in [0.5, 0.6) is 5.75 Å². The Balaban J connectivity index is 1.52. The minimum Gasteiger partial charge on any atom is -0.507 e. The number of benzene rings is 3. The Morgan fingerprint density at radius 2 is 1.77 bits per heavy atom. The molecule has 0 radical (unpaired) electrons. The van der Waals surface area contributed by atoms with Crippen LogP contribution >= 0.6 is 34.7 Å². The number of aliphatic hydroxyl groups excluding tert-OH is 1. The first kappa shape index (κ1) is 27.6. The van der Waals surface area contributed by atoms with Crippen LogP contribution in [0.1, 0.15) is 22.7 Å². The summed E-state index contributed by atoms with van der Waals surface area (Å²) in [5, 5.41) is 20.5. The van der Waals surface area contributed by atoms with Gasteiger partial charge in [-0.25, -0.2) is 4.39 Å². The number of aromatic nitrogens is 2. The van der Waals surface area contributed by atoms with Gasteiger partial charge >= 0.3 is 5.91 Å². The quantitative estimate of drug-likeness (QED) is 0.0569. The summed E-state index contributed by atoms with van der Waals surface area (Å²) in [5.74, 6) is -1.49. The molecule has 4 aromatic rings. The van der Waals surface area contributed by atoms with Crippen molar-refractivity contribution in [2.75, 3.05) is 11.5 Å². The van der Waals surface area contributed by atoms with Crippen molar-refractivity contribution in [3.8, 4) is 5.75 Å². The summed E-state index contributed by atoms with van der Waals surface area (Å²) in [6, 6.07) is 18.3. The van der Waals surface area contributed by atoms with E-state index in [2.05, 4.69) is 16.8 Å². The van der Waals surface area contributed by atoms with Crippen molar-refractivity contribution in [1.82, 2.24) is 10.2 Å². The monoisotopic (exact) mass is 593 g/mol. The van der Waals surface area contributed by atoms with Gasteiger partial charge in [0.05, 0.1) is 11.6 Å². The van der Waals surface area contributed by atoms with E-state index in [0.717, 1.165) is 16.9 Å². The average molecular weight is 594 g/mol. The van der Waals surface area contributed by atoms with Gasteiger partial charge < -0.3 is 9.84 Å². The number of hydrogen-bond acceptors (Lipinski definition) is 8. The van der Waals surface area contributed by atoms with Gasteiger partial charge in [-0.3, -0.25) is 14.5 Å². The zero-order valence-corrected chi connectivity index (χ0v) is 23.2. The van der Waals surface area contributed by atoms with E-state index in [-0.39, 0.29) is 16.3 Å². The highest BCUT2D eigenvalue weighted by Crippen LogP contribution is 2.44. The first-order valence-corrected chi connectivity index (χ1v) is 14.1.